The number of aryl methyl sites for hydroxylation is 1. The van der Waals surface area contributed by atoms with Crippen molar-refractivity contribution in [3.63, 3.8) is 0 Å². The van der Waals surface area contributed by atoms with Gasteiger partial charge in [0.1, 0.15) is 10.9 Å². The van der Waals surface area contributed by atoms with Crippen LogP contribution >= 0.6 is 11.6 Å². The Morgan fingerprint density at radius 2 is 2.24 bits per heavy atom. The maximum absolute atomic E-state index is 9.41. The van der Waals surface area contributed by atoms with Crippen molar-refractivity contribution in [1.82, 2.24) is 9.78 Å². The monoisotopic (exact) mass is 251 g/mol. The summed E-state index contributed by atoms with van der Waals surface area (Å²) in [6, 6.07) is 6.81. The summed E-state index contributed by atoms with van der Waals surface area (Å²) in [5.74, 6) is 0.192. The SMILES string of the molecule is NCCCc1cnn(-c2cccc(O)c2)c1Cl. The zero-order chi connectivity index (χ0) is 12.3. The highest BCUT2D eigenvalue weighted by Crippen LogP contribution is 2.23. The minimum Gasteiger partial charge on any atom is -0.508 e. The Morgan fingerprint density at radius 1 is 1.41 bits per heavy atom. The number of phenolic OH excluding ortho intramolecular Hbond substituents is 1. The van der Waals surface area contributed by atoms with E-state index in [4.69, 9.17) is 17.3 Å². The number of halogens is 1. The number of nitrogens with two attached hydrogens (primary N) is 1. The van der Waals surface area contributed by atoms with E-state index in [0.29, 0.717) is 11.7 Å². The molecule has 0 aliphatic rings. The summed E-state index contributed by atoms with van der Waals surface area (Å²) in [4.78, 5) is 0. The summed E-state index contributed by atoms with van der Waals surface area (Å²) in [6.07, 6.45) is 3.43. The lowest BCUT2D eigenvalue weighted by Crippen LogP contribution is -2.00. The maximum Gasteiger partial charge on any atom is 0.136 e. The number of phenols is 1. The minimum absolute atomic E-state index is 0.192. The number of hydrogen-bond acceptors (Lipinski definition) is 3. The van der Waals surface area contributed by atoms with Gasteiger partial charge in [-0.15, -0.1) is 0 Å². The van der Waals surface area contributed by atoms with Crippen LogP contribution in [0.2, 0.25) is 5.15 Å². The molecule has 4 nitrogen and oxygen atoms in total. The van der Waals surface area contributed by atoms with Crippen LogP contribution < -0.4 is 5.73 Å². The van der Waals surface area contributed by atoms with Gasteiger partial charge in [-0.25, -0.2) is 4.68 Å². The Bertz CT molecular complexity index is 510. The molecular weight excluding hydrogens is 238 g/mol. The predicted octanol–water partition coefficient (Wildman–Crippen LogP) is 2.12. The molecule has 1 aromatic carbocycles. The zero-order valence-corrected chi connectivity index (χ0v) is 10.1. The largest absolute Gasteiger partial charge is 0.508 e. The average molecular weight is 252 g/mol. The van der Waals surface area contributed by atoms with Crippen LogP contribution in [0.25, 0.3) is 5.69 Å². The molecule has 0 saturated carbocycles. The fourth-order valence-electron chi connectivity index (χ4n) is 1.63. The van der Waals surface area contributed by atoms with Gasteiger partial charge in [-0.1, -0.05) is 17.7 Å². The first-order valence-electron chi connectivity index (χ1n) is 5.44. The molecule has 0 amide bonds. The maximum atomic E-state index is 9.41. The summed E-state index contributed by atoms with van der Waals surface area (Å²) in [6.45, 7) is 0.633. The minimum atomic E-state index is 0.192. The van der Waals surface area contributed by atoms with Gasteiger partial charge in [-0.2, -0.15) is 5.10 Å². The van der Waals surface area contributed by atoms with Crippen molar-refractivity contribution >= 4 is 11.6 Å². The third-order valence-corrected chi connectivity index (χ3v) is 2.91. The molecule has 1 aromatic heterocycles. The smallest absolute Gasteiger partial charge is 0.136 e. The number of hydrogen-bond donors (Lipinski definition) is 2. The zero-order valence-electron chi connectivity index (χ0n) is 9.31. The van der Waals surface area contributed by atoms with E-state index >= 15 is 0 Å². The fraction of sp³-hybridized carbons (Fsp3) is 0.250. The Morgan fingerprint density at radius 3 is 2.94 bits per heavy atom. The van der Waals surface area contributed by atoms with Gasteiger partial charge in [0.25, 0.3) is 0 Å². The van der Waals surface area contributed by atoms with Gasteiger partial charge >= 0.3 is 0 Å². The number of benzene rings is 1. The third kappa shape index (κ3) is 2.60. The van der Waals surface area contributed by atoms with Crippen molar-refractivity contribution in [2.24, 2.45) is 5.73 Å². The Balaban J connectivity index is 2.30. The standard InChI is InChI=1S/C12H14ClN3O/c13-12-9(3-2-6-14)8-15-16(12)10-4-1-5-11(17)7-10/h1,4-5,7-8,17H,2-3,6,14H2. The normalized spacial score (nSPS) is 10.7. The highest BCUT2D eigenvalue weighted by molar-refractivity contribution is 6.30. The van der Waals surface area contributed by atoms with Crippen LogP contribution in [-0.2, 0) is 6.42 Å². The van der Waals surface area contributed by atoms with E-state index in [1.807, 2.05) is 6.07 Å². The molecule has 0 atom stereocenters. The topological polar surface area (TPSA) is 64.1 Å². The van der Waals surface area contributed by atoms with Gasteiger partial charge in [0.15, 0.2) is 0 Å². The third-order valence-electron chi connectivity index (χ3n) is 2.50. The van der Waals surface area contributed by atoms with Crippen molar-refractivity contribution in [1.29, 1.82) is 0 Å². The van der Waals surface area contributed by atoms with Gasteiger partial charge in [-0.3, -0.25) is 0 Å². The Hall–Kier alpha value is -1.52. The van der Waals surface area contributed by atoms with E-state index < -0.39 is 0 Å². The van der Waals surface area contributed by atoms with E-state index in [1.54, 1.807) is 29.1 Å². The second-order valence-electron chi connectivity index (χ2n) is 3.78. The molecule has 0 radical (unpaired) electrons. The van der Waals surface area contributed by atoms with Crippen molar-refractivity contribution < 1.29 is 5.11 Å². The van der Waals surface area contributed by atoms with Crippen LogP contribution in [-0.4, -0.2) is 21.4 Å². The molecule has 0 unspecified atom stereocenters. The van der Waals surface area contributed by atoms with Crippen LogP contribution in [0.3, 0.4) is 0 Å². The molecular formula is C12H14ClN3O. The van der Waals surface area contributed by atoms with Gasteiger partial charge in [0.05, 0.1) is 11.9 Å². The molecule has 0 fully saturated rings. The summed E-state index contributed by atoms with van der Waals surface area (Å²) >= 11 is 6.22. The molecule has 2 rings (SSSR count). The second-order valence-corrected chi connectivity index (χ2v) is 4.14. The quantitative estimate of drug-likeness (QED) is 0.875. The summed E-state index contributed by atoms with van der Waals surface area (Å²) in [7, 11) is 0. The summed E-state index contributed by atoms with van der Waals surface area (Å²) in [5, 5.41) is 14.2. The molecule has 0 aliphatic carbocycles. The first-order valence-corrected chi connectivity index (χ1v) is 5.82. The molecule has 0 bridgehead atoms. The number of rotatable bonds is 4. The van der Waals surface area contributed by atoms with Gasteiger partial charge in [-0.05, 0) is 31.5 Å². The van der Waals surface area contributed by atoms with Gasteiger partial charge < -0.3 is 10.8 Å². The van der Waals surface area contributed by atoms with Crippen LogP contribution in [0.5, 0.6) is 5.75 Å². The molecule has 0 saturated heterocycles. The molecule has 1 heterocycles. The number of nitrogens with zero attached hydrogens (tertiary/aromatic N) is 2. The number of aromatic hydroxyl groups is 1. The van der Waals surface area contributed by atoms with Crippen LogP contribution in [0.15, 0.2) is 30.5 Å². The van der Waals surface area contributed by atoms with Gasteiger partial charge in [0.2, 0.25) is 0 Å². The van der Waals surface area contributed by atoms with E-state index in [-0.39, 0.29) is 5.75 Å². The Kier molecular flexibility index (Phi) is 3.66. The van der Waals surface area contributed by atoms with E-state index in [1.165, 1.54) is 0 Å². The van der Waals surface area contributed by atoms with Crippen LogP contribution in [0.1, 0.15) is 12.0 Å². The molecule has 5 heteroatoms. The van der Waals surface area contributed by atoms with E-state index in [0.717, 1.165) is 24.1 Å². The molecule has 3 N–H and O–H groups in total. The Labute approximate surface area is 105 Å². The summed E-state index contributed by atoms with van der Waals surface area (Å²) < 4.78 is 1.60. The second kappa shape index (κ2) is 5.21. The fourth-order valence-corrected chi connectivity index (χ4v) is 1.92. The molecule has 90 valence electrons. The highest BCUT2D eigenvalue weighted by Gasteiger charge is 2.09. The molecule has 0 aliphatic heterocycles. The predicted molar refractivity (Wildman–Crippen MR) is 67.6 cm³/mol. The average Bonchev–Trinajstić information content (AvgIpc) is 2.68. The first-order chi connectivity index (χ1) is 8.22. The van der Waals surface area contributed by atoms with Gasteiger partial charge in [0, 0.05) is 11.6 Å². The number of aromatic nitrogens is 2. The van der Waals surface area contributed by atoms with E-state index in [9.17, 15) is 5.11 Å². The molecule has 2 aromatic rings. The lowest BCUT2D eigenvalue weighted by Gasteiger charge is -2.04. The lowest BCUT2D eigenvalue weighted by molar-refractivity contribution is 0.475. The highest BCUT2D eigenvalue weighted by atomic mass is 35.5. The van der Waals surface area contributed by atoms with E-state index in [2.05, 4.69) is 5.10 Å². The van der Waals surface area contributed by atoms with Crippen molar-refractivity contribution in [3.8, 4) is 11.4 Å². The molecule has 17 heavy (non-hydrogen) atoms. The van der Waals surface area contributed by atoms with Crippen molar-refractivity contribution in [3.05, 3.63) is 41.2 Å². The van der Waals surface area contributed by atoms with Crippen molar-refractivity contribution in [2.75, 3.05) is 6.54 Å². The molecule has 0 spiro atoms. The lowest BCUT2D eigenvalue weighted by atomic mass is 10.2. The van der Waals surface area contributed by atoms with Crippen LogP contribution in [0.4, 0.5) is 0 Å². The summed E-state index contributed by atoms with van der Waals surface area (Å²) in [5.41, 5.74) is 7.18. The first kappa shape index (κ1) is 12.0. The van der Waals surface area contributed by atoms with Crippen LogP contribution in [0, 0.1) is 0 Å². The van der Waals surface area contributed by atoms with Crippen molar-refractivity contribution in [2.45, 2.75) is 12.8 Å².